The highest BCUT2D eigenvalue weighted by Gasteiger charge is 2.19. The van der Waals surface area contributed by atoms with Gasteiger partial charge in [-0.05, 0) is 18.6 Å². The van der Waals surface area contributed by atoms with Crippen molar-refractivity contribution in [3.05, 3.63) is 23.9 Å². The lowest BCUT2D eigenvalue weighted by Crippen LogP contribution is -2.36. The molecule has 1 saturated heterocycles. The van der Waals surface area contributed by atoms with Crippen LogP contribution in [0.3, 0.4) is 0 Å². The van der Waals surface area contributed by atoms with Gasteiger partial charge in [-0.3, -0.25) is 4.79 Å². The van der Waals surface area contributed by atoms with Crippen LogP contribution in [0.1, 0.15) is 23.2 Å². The Labute approximate surface area is 99.4 Å². The zero-order valence-electron chi connectivity index (χ0n) is 9.68. The molecule has 0 radical (unpaired) electrons. The summed E-state index contributed by atoms with van der Waals surface area (Å²) < 4.78 is 4.65. The van der Waals surface area contributed by atoms with Crippen LogP contribution in [0.4, 0.5) is 5.82 Å². The number of Topliss-reactive ketones (excluding diaryl/α,β-unsaturated/α-hetero) is 1. The fourth-order valence-corrected chi connectivity index (χ4v) is 1.87. The number of piperidine rings is 1. The predicted octanol–water partition coefficient (Wildman–Crippen LogP) is 1.04. The normalized spacial score (nSPS) is 15.8. The maximum atomic E-state index is 11.4. The summed E-state index contributed by atoms with van der Waals surface area (Å²) in [6, 6.07) is 3.26. The Morgan fingerprint density at radius 3 is 3.06 bits per heavy atom. The number of carbonyl (C=O) groups is 2. The number of pyridine rings is 1. The quantitative estimate of drug-likeness (QED) is 0.715. The van der Waals surface area contributed by atoms with Crippen molar-refractivity contribution in [1.29, 1.82) is 0 Å². The summed E-state index contributed by atoms with van der Waals surface area (Å²) in [5.74, 6) is 0.472. The minimum atomic E-state index is -0.392. The molecule has 17 heavy (non-hydrogen) atoms. The van der Waals surface area contributed by atoms with E-state index in [0.29, 0.717) is 24.3 Å². The van der Waals surface area contributed by atoms with Gasteiger partial charge in [0, 0.05) is 19.2 Å². The van der Waals surface area contributed by atoms with Crippen molar-refractivity contribution in [3.8, 4) is 0 Å². The van der Waals surface area contributed by atoms with E-state index in [2.05, 4.69) is 9.72 Å². The second-order valence-corrected chi connectivity index (χ2v) is 3.96. The highest BCUT2D eigenvalue weighted by atomic mass is 16.5. The van der Waals surface area contributed by atoms with Gasteiger partial charge in [0.1, 0.15) is 5.82 Å². The molecule has 0 unspecified atom stereocenters. The molecule has 0 N–H and O–H groups in total. The number of rotatable bonds is 2. The van der Waals surface area contributed by atoms with Crippen LogP contribution in [0.15, 0.2) is 18.3 Å². The van der Waals surface area contributed by atoms with E-state index in [-0.39, 0.29) is 5.78 Å². The van der Waals surface area contributed by atoms with Crippen LogP contribution >= 0.6 is 0 Å². The minimum absolute atomic E-state index is 0.210. The average molecular weight is 234 g/mol. The number of carbonyl (C=O) groups excluding carboxylic acids is 2. The van der Waals surface area contributed by atoms with Gasteiger partial charge in [0.2, 0.25) is 0 Å². The third-order valence-electron chi connectivity index (χ3n) is 2.74. The van der Waals surface area contributed by atoms with Crippen molar-refractivity contribution in [2.75, 3.05) is 25.1 Å². The maximum absolute atomic E-state index is 11.4. The van der Waals surface area contributed by atoms with Crippen molar-refractivity contribution < 1.29 is 14.3 Å². The second-order valence-electron chi connectivity index (χ2n) is 3.96. The maximum Gasteiger partial charge on any atom is 0.338 e. The number of anilines is 1. The van der Waals surface area contributed by atoms with E-state index in [1.165, 1.54) is 7.11 Å². The van der Waals surface area contributed by atoms with E-state index >= 15 is 0 Å². The van der Waals surface area contributed by atoms with Crippen LogP contribution in [0.2, 0.25) is 0 Å². The Bertz CT molecular complexity index is 445. The number of methoxy groups -OCH3 is 1. The number of ether oxygens (including phenoxy) is 1. The molecule has 0 aromatic carbocycles. The molecule has 0 aliphatic carbocycles. The highest BCUT2D eigenvalue weighted by Crippen LogP contribution is 2.17. The van der Waals surface area contributed by atoms with E-state index in [4.69, 9.17) is 0 Å². The number of hydrogen-bond acceptors (Lipinski definition) is 5. The second kappa shape index (κ2) is 4.95. The van der Waals surface area contributed by atoms with Gasteiger partial charge < -0.3 is 9.64 Å². The van der Waals surface area contributed by atoms with Gasteiger partial charge >= 0.3 is 5.97 Å². The van der Waals surface area contributed by atoms with Crippen LogP contribution in [0.5, 0.6) is 0 Å². The molecular weight excluding hydrogens is 220 g/mol. The number of aromatic nitrogens is 1. The first kappa shape index (κ1) is 11.6. The summed E-state index contributed by atoms with van der Waals surface area (Å²) in [6.07, 6.45) is 3.02. The molecule has 2 rings (SSSR count). The van der Waals surface area contributed by atoms with E-state index in [9.17, 15) is 9.59 Å². The van der Waals surface area contributed by atoms with Gasteiger partial charge in [-0.1, -0.05) is 0 Å². The monoisotopic (exact) mass is 234 g/mol. The Morgan fingerprint density at radius 2 is 2.35 bits per heavy atom. The molecule has 0 amide bonds. The summed E-state index contributed by atoms with van der Waals surface area (Å²) in [5, 5.41) is 0. The number of nitrogens with zero attached hydrogens (tertiary/aromatic N) is 2. The van der Waals surface area contributed by atoms with Crippen molar-refractivity contribution in [2.45, 2.75) is 12.8 Å². The summed E-state index contributed by atoms with van der Waals surface area (Å²) in [6.45, 7) is 1.17. The van der Waals surface area contributed by atoms with Crippen molar-refractivity contribution in [2.24, 2.45) is 0 Å². The van der Waals surface area contributed by atoms with Crippen LogP contribution in [-0.2, 0) is 9.53 Å². The summed E-state index contributed by atoms with van der Waals surface area (Å²) in [7, 11) is 1.34. The fraction of sp³-hybridized carbons (Fsp3) is 0.417. The molecular formula is C12H14N2O3. The van der Waals surface area contributed by atoms with Crippen molar-refractivity contribution >= 4 is 17.6 Å². The molecule has 5 nitrogen and oxygen atoms in total. The van der Waals surface area contributed by atoms with Crippen LogP contribution in [-0.4, -0.2) is 36.9 Å². The summed E-state index contributed by atoms with van der Waals surface area (Å²) >= 11 is 0. The predicted molar refractivity (Wildman–Crippen MR) is 62.0 cm³/mol. The third kappa shape index (κ3) is 2.61. The van der Waals surface area contributed by atoms with Gasteiger partial charge in [0.15, 0.2) is 5.78 Å². The standard InChI is InChI=1S/C12H14N2O3/c1-17-12(16)9-4-5-13-11(7-9)14-6-2-3-10(15)8-14/h4-5,7H,2-3,6,8H2,1H3. The Balaban J connectivity index is 2.20. The van der Waals surface area contributed by atoms with E-state index in [0.717, 1.165) is 13.0 Å². The van der Waals surface area contributed by atoms with Gasteiger partial charge in [-0.2, -0.15) is 0 Å². The zero-order chi connectivity index (χ0) is 12.3. The first-order chi connectivity index (χ1) is 8.20. The molecule has 5 heteroatoms. The van der Waals surface area contributed by atoms with Gasteiger partial charge in [-0.25, -0.2) is 9.78 Å². The summed E-state index contributed by atoms with van der Waals surface area (Å²) in [5.41, 5.74) is 0.454. The van der Waals surface area contributed by atoms with Crippen LogP contribution in [0.25, 0.3) is 0 Å². The molecule has 2 heterocycles. The zero-order valence-corrected chi connectivity index (χ0v) is 9.68. The van der Waals surface area contributed by atoms with Crippen molar-refractivity contribution in [3.63, 3.8) is 0 Å². The molecule has 1 aliphatic rings. The van der Waals surface area contributed by atoms with Gasteiger partial charge in [0.25, 0.3) is 0 Å². The number of ketones is 1. The van der Waals surface area contributed by atoms with E-state index in [1.54, 1.807) is 18.3 Å². The summed E-state index contributed by atoms with van der Waals surface area (Å²) in [4.78, 5) is 28.8. The fourth-order valence-electron chi connectivity index (χ4n) is 1.87. The molecule has 1 aromatic heterocycles. The Kier molecular flexibility index (Phi) is 3.37. The lowest BCUT2D eigenvalue weighted by atomic mass is 10.1. The van der Waals surface area contributed by atoms with E-state index < -0.39 is 5.97 Å². The largest absolute Gasteiger partial charge is 0.465 e. The highest BCUT2D eigenvalue weighted by molar-refractivity contribution is 5.90. The average Bonchev–Trinajstić information content (AvgIpc) is 2.38. The Hall–Kier alpha value is -1.91. The molecule has 1 aliphatic heterocycles. The lowest BCUT2D eigenvalue weighted by Gasteiger charge is -2.26. The first-order valence-electron chi connectivity index (χ1n) is 5.51. The van der Waals surface area contributed by atoms with Gasteiger partial charge in [-0.15, -0.1) is 0 Å². The molecule has 1 fully saturated rings. The van der Waals surface area contributed by atoms with Crippen molar-refractivity contribution in [1.82, 2.24) is 4.98 Å². The first-order valence-corrected chi connectivity index (χ1v) is 5.51. The third-order valence-corrected chi connectivity index (χ3v) is 2.74. The lowest BCUT2D eigenvalue weighted by molar-refractivity contribution is -0.118. The molecule has 0 atom stereocenters. The molecule has 90 valence electrons. The van der Waals surface area contributed by atoms with Gasteiger partial charge in [0.05, 0.1) is 19.2 Å². The molecule has 1 aromatic rings. The molecule has 0 bridgehead atoms. The SMILES string of the molecule is COC(=O)c1ccnc(N2CCCC(=O)C2)c1. The van der Waals surface area contributed by atoms with Crippen LogP contribution < -0.4 is 4.90 Å². The minimum Gasteiger partial charge on any atom is -0.465 e. The number of esters is 1. The molecule has 0 saturated carbocycles. The smallest absolute Gasteiger partial charge is 0.338 e. The number of hydrogen-bond donors (Lipinski definition) is 0. The van der Waals surface area contributed by atoms with Crippen LogP contribution in [0, 0.1) is 0 Å². The molecule has 0 spiro atoms. The topological polar surface area (TPSA) is 59.5 Å². The Morgan fingerprint density at radius 1 is 1.53 bits per heavy atom. The van der Waals surface area contributed by atoms with E-state index in [1.807, 2.05) is 4.90 Å².